The zero-order chi connectivity index (χ0) is 24.0. The second kappa shape index (κ2) is 11.4. The Morgan fingerprint density at radius 1 is 0.970 bits per heavy atom. The van der Waals surface area contributed by atoms with E-state index in [1.807, 2.05) is 6.20 Å². The fraction of sp³-hybridized carbons (Fsp3) is 0.387. The van der Waals surface area contributed by atoms with Gasteiger partial charge in [0.05, 0.1) is 0 Å². The lowest BCUT2D eigenvalue weighted by Gasteiger charge is -2.20. The van der Waals surface area contributed by atoms with Gasteiger partial charge in [0.25, 0.3) is 0 Å². The van der Waals surface area contributed by atoms with Crippen LogP contribution in [0.3, 0.4) is 0 Å². The zero-order valence-corrected chi connectivity index (χ0v) is 21.4. The molecular weight excluding hydrogens is 400 g/mol. The minimum absolute atomic E-state index is 0.452. The second-order valence-corrected chi connectivity index (χ2v) is 9.45. The molecule has 0 aliphatic heterocycles. The number of hydrogen-bond acceptors (Lipinski definition) is 2. The second-order valence-electron chi connectivity index (χ2n) is 9.45. The van der Waals surface area contributed by atoms with E-state index >= 15 is 0 Å². The van der Waals surface area contributed by atoms with Crippen molar-refractivity contribution < 1.29 is 0 Å². The molecule has 3 aromatic rings. The van der Waals surface area contributed by atoms with Gasteiger partial charge in [-0.15, -0.1) is 0 Å². The van der Waals surface area contributed by atoms with E-state index < -0.39 is 0 Å². The summed E-state index contributed by atoms with van der Waals surface area (Å²) in [4.78, 5) is 4.76. The molecule has 1 N–H and O–H groups in total. The van der Waals surface area contributed by atoms with Crippen molar-refractivity contribution in [1.82, 2.24) is 10.3 Å². The molecule has 3 rings (SSSR count). The van der Waals surface area contributed by atoms with E-state index in [4.69, 9.17) is 4.98 Å². The zero-order valence-electron chi connectivity index (χ0n) is 21.4. The smallest absolute Gasteiger partial charge is 0.0405 e. The molecule has 0 fully saturated rings. The number of rotatable bonds is 10. The first-order chi connectivity index (χ1) is 15.8. The molecule has 0 saturated heterocycles. The lowest BCUT2D eigenvalue weighted by Crippen LogP contribution is -2.13. The maximum absolute atomic E-state index is 4.76. The van der Waals surface area contributed by atoms with Crippen LogP contribution in [-0.2, 0) is 6.42 Å². The molecule has 0 spiro atoms. The molecule has 0 aliphatic rings. The maximum Gasteiger partial charge on any atom is 0.0405 e. The van der Waals surface area contributed by atoms with Crippen molar-refractivity contribution in [3.63, 3.8) is 0 Å². The standard InChI is InChI=1S/C31H40N2/c1-8-32-17-9-10-22(3)27-13-15-28(16-14-27)30-19-29(26(7)33-20-30)18-24(5)31-23(4)12-11-21(2)25(31)6/h11-16,19-20,24,32H,3,8-10,17-18H2,1-2,4-7H3. The summed E-state index contributed by atoms with van der Waals surface area (Å²) in [5.41, 5.74) is 12.9. The predicted molar refractivity (Wildman–Crippen MR) is 144 cm³/mol. The Hall–Kier alpha value is -2.71. The number of aryl methyl sites for hydroxylation is 3. The summed E-state index contributed by atoms with van der Waals surface area (Å²) in [5, 5.41) is 3.38. The van der Waals surface area contributed by atoms with Crippen LogP contribution in [0.1, 0.15) is 71.7 Å². The molecule has 2 nitrogen and oxygen atoms in total. The van der Waals surface area contributed by atoms with Crippen molar-refractivity contribution in [3.8, 4) is 11.1 Å². The third kappa shape index (κ3) is 6.21. The van der Waals surface area contributed by atoms with E-state index in [0.717, 1.165) is 38.0 Å². The van der Waals surface area contributed by atoms with Crippen molar-refractivity contribution >= 4 is 5.57 Å². The molecule has 0 radical (unpaired) electrons. The van der Waals surface area contributed by atoms with Crippen molar-refractivity contribution in [1.29, 1.82) is 0 Å². The fourth-order valence-electron chi connectivity index (χ4n) is 4.75. The average Bonchev–Trinajstić information content (AvgIpc) is 2.81. The Morgan fingerprint density at radius 3 is 2.36 bits per heavy atom. The van der Waals surface area contributed by atoms with Gasteiger partial charge in [0, 0.05) is 17.5 Å². The van der Waals surface area contributed by atoms with Crippen LogP contribution in [0.2, 0.25) is 0 Å². The summed E-state index contributed by atoms with van der Waals surface area (Å²) < 4.78 is 0. The van der Waals surface area contributed by atoms with Gasteiger partial charge in [-0.05, 0) is 117 Å². The lowest BCUT2D eigenvalue weighted by atomic mass is 9.85. The van der Waals surface area contributed by atoms with Gasteiger partial charge in [0.1, 0.15) is 0 Å². The Kier molecular flexibility index (Phi) is 8.63. The number of nitrogens with zero attached hydrogens (tertiary/aromatic N) is 1. The SMILES string of the molecule is C=C(CCCNCC)c1ccc(-c2cnc(C)c(CC(C)c3c(C)ccc(C)c3C)c2)cc1. The van der Waals surface area contributed by atoms with Gasteiger partial charge in [0.15, 0.2) is 0 Å². The first-order valence-electron chi connectivity index (χ1n) is 12.3. The van der Waals surface area contributed by atoms with Crippen LogP contribution >= 0.6 is 0 Å². The predicted octanol–water partition coefficient (Wildman–Crippen LogP) is 7.73. The van der Waals surface area contributed by atoms with Gasteiger partial charge < -0.3 is 5.32 Å². The summed E-state index contributed by atoms with van der Waals surface area (Å²) in [7, 11) is 0. The molecule has 2 aromatic carbocycles. The highest BCUT2D eigenvalue weighted by Crippen LogP contribution is 2.31. The summed E-state index contributed by atoms with van der Waals surface area (Å²) in [5.74, 6) is 0.452. The average molecular weight is 441 g/mol. The summed E-state index contributed by atoms with van der Waals surface area (Å²) in [6.45, 7) is 19.7. The molecule has 0 amide bonds. The van der Waals surface area contributed by atoms with Crippen LogP contribution < -0.4 is 5.32 Å². The van der Waals surface area contributed by atoms with Crippen LogP contribution in [0.15, 0.2) is 55.2 Å². The third-order valence-electron chi connectivity index (χ3n) is 6.92. The quantitative estimate of drug-likeness (QED) is 0.326. The minimum Gasteiger partial charge on any atom is -0.317 e. The topological polar surface area (TPSA) is 24.9 Å². The van der Waals surface area contributed by atoms with E-state index in [0.29, 0.717) is 5.92 Å². The van der Waals surface area contributed by atoms with Crippen LogP contribution in [-0.4, -0.2) is 18.1 Å². The molecule has 1 unspecified atom stereocenters. The Morgan fingerprint density at radius 2 is 1.67 bits per heavy atom. The first-order valence-corrected chi connectivity index (χ1v) is 12.3. The highest BCUT2D eigenvalue weighted by molar-refractivity contribution is 5.69. The van der Waals surface area contributed by atoms with E-state index in [9.17, 15) is 0 Å². The number of pyridine rings is 1. The van der Waals surface area contributed by atoms with Crippen molar-refractivity contribution in [2.24, 2.45) is 0 Å². The Labute approximate surface area is 201 Å². The van der Waals surface area contributed by atoms with Gasteiger partial charge in [-0.1, -0.05) is 56.8 Å². The van der Waals surface area contributed by atoms with Gasteiger partial charge in [-0.3, -0.25) is 4.98 Å². The maximum atomic E-state index is 4.76. The molecule has 174 valence electrons. The van der Waals surface area contributed by atoms with Crippen LogP contribution in [0, 0.1) is 27.7 Å². The molecule has 0 aliphatic carbocycles. The first kappa shape index (κ1) is 24.9. The molecule has 1 aromatic heterocycles. The van der Waals surface area contributed by atoms with Crippen molar-refractivity contribution in [2.75, 3.05) is 13.1 Å². The van der Waals surface area contributed by atoms with Crippen molar-refractivity contribution in [3.05, 3.63) is 94.3 Å². The molecule has 2 heteroatoms. The van der Waals surface area contributed by atoms with Gasteiger partial charge >= 0.3 is 0 Å². The van der Waals surface area contributed by atoms with Gasteiger partial charge in [-0.2, -0.15) is 0 Å². The molecular formula is C31H40N2. The normalized spacial score (nSPS) is 12.1. The molecule has 0 saturated carbocycles. The number of benzene rings is 2. The third-order valence-corrected chi connectivity index (χ3v) is 6.92. The number of allylic oxidation sites excluding steroid dienone is 1. The van der Waals surface area contributed by atoms with E-state index in [1.54, 1.807) is 0 Å². The highest BCUT2D eigenvalue weighted by Gasteiger charge is 2.15. The van der Waals surface area contributed by atoms with Gasteiger partial charge in [0.2, 0.25) is 0 Å². The fourth-order valence-corrected chi connectivity index (χ4v) is 4.75. The Bertz CT molecular complexity index is 1090. The van der Waals surface area contributed by atoms with Gasteiger partial charge in [-0.25, -0.2) is 0 Å². The minimum atomic E-state index is 0.452. The number of nitrogens with one attached hydrogen (secondary N) is 1. The summed E-state index contributed by atoms with van der Waals surface area (Å²) in [6.07, 6.45) is 5.15. The largest absolute Gasteiger partial charge is 0.317 e. The van der Waals surface area contributed by atoms with Crippen LogP contribution in [0.4, 0.5) is 0 Å². The van der Waals surface area contributed by atoms with Crippen molar-refractivity contribution in [2.45, 2.75) is 66.7 Å². The summed E-state index contributed by atoms with van der Waals surface area (Å²) >= 11 is 0. The number of aromatic nitrogens is 1. The van der Waals surface area contributed by atoms with Crippen LogP contribution in [0.25, 0.3) is 16.7 Å². The Balaban J connectivity index is 1.76. The monoisotopic (exact) mass is 440 g/mol. The molecule has 1 atom stereocenters. The molecule has 1 heterocycles. The lowest BCUT2D eigenvalue weighted by molar-refractivity contribution is 0.683. The van der Waals surface area contributed by atoms with E-state index in [-0.39, 0.29) is 0 Å². The van der Waals surface area contributed by atoms with Crippen LogP contribution in [0.5, 0.6) is 0 Å². The molecule has 0 bridgehead atoms. The number of hydrogen-bond donors (Lipinski definition) is 1. The summed E-state index contributed by atoms with van der Waals surface area (Å²) in [6, 6.07) is 15.6. The highest BCUT2D eigenvalue weighted by atomic mass is 14.8. The molecule has 33 heavy (non-hydrogen) atoms. The van der Waals surface area contributed by atoms with E-state index in [1.165, 1.54) is 50.1 Å². The van der Waals surface area contributed by atoms with E-state index in [2.05, 4.69) is 95.9 Å².